The van der Waals surface area contributed by atoms with Crippen LogP contribution < -0.4 is 15.0 Å². The van der Waals surface area contributed by atoms with E-state index in [0.29, 0.717) is 17.9 Å². The standard InChI is InChI=1S/C22H25N3O2/c23-14-20-6-2-3-7-21(20)27-17-22(26)24-15-18-8-10-19(11-9-18)16-25-12-4-1-5-13-25/h2-3,6-11H,1,4-5,12-13,15-17H2,(H,24,26)/p+1. The number of carbonyl (C=O) groups excluding carboxylic acids is 1. The molecule has 5 nitrogen and oxygen atoms in total. The summed E-state index contributed by atoms with van der Waals surface area (Å²) < 4.78 is 5.44. The zero-order chi connectivity index (χ0) is 18.9. The van der Waals surface area contributed by atoms with Crippen molar-refractivity contribution in [2.75, 3.05) is 19.7 Å². The molecule has 0 radical (unpaired) electrons. The highest BCUT2D eigenvalue weighted by Gasteiger charge is 2.13. The Balaban J connectivity index is 1.42. The molecule has 2 N–H and O–H groups in total. The number of carbonyl (C=O) groups is 1. The van der Waals surface area contributed by atoms with E-state index in [1.54, 1.807) is 29.2 Å². The van der Waals surface area contributed by atoms with E-state index in [2.05, 4.69) is 35.7 Å². The van der Waals surface area contributed by atoms with E-state index < -0.39 is 0 Å². The summed E-state index contributed by atoms with van der Waals surface area (Å²) in [5.41, 5.74) is 2.84. The first-order valence-corrected chi connectivity index (χ1v) is 9.54. The van der Waals surface area contributed by atoms with Gasteiger partial charge in [0.1, 0.15) is 18.4 Å². The molecule has 0 saturated carbocycles. The number of benzene rings is 2. The molecule has 0 unspecified atom stereocenters. The van der Waals surface area contributed by atoms with Crippen molar-refractivity contribution in [1.82, 2.24) is 5.32 Å². The van der Waals surface area contributed by atoms with Crippen LogP contribution >= 0.6 is 0 Å². The normalized spacial score (nSPS) is 14.3. The average molecular weight is 364 g/mol. The lowest BCUT2D eigenvalue weighted by Gasteiger charge is -2.23. The van der Waals surface area contributed by atoms with Crippen LogP contribution in [0.2, 0.25) is 0 Å². The number of amides is 1. The van der Waals surface area contributed by atoms with Crippen molar-refractivity contribution in [2.45, 2.75) is 32.4 Å². The highest BCUT2D eigenvalue weighted by molar-refractivity contribution is 5.77. The number of quaternary nitrogens is 1. The number of hydrogen-bond acceptors (Lipinski definition) is 3. The fourth-order valence-corrected chi connectivity index (χ4v) is 3.37. The van der Waals surface area contributed by atoms with Gasteiger partial charge in [-0.1, -0.05) is 36.4 Å². The number of likely N-dealkylation sites (tertiary alicyclic amines) is 1. The molecule has 0 atom stereocenters. The predicted octanol–water partition coefficient (Wildman–Crippen LogP) is 1.82. The Hall–Kier alpha value is -2.84. The summed E-state index contributed by atoms with van der Waals surface area (Å²) in [6, 6.07) is 17.4. The molecule has 1 saturated heterocycles. The molecular weight excluding hydrogens is 338 g/mol. The molecule has 0 aliphatic carbocycles. The number of piperidine rings is 1. The van der Waals surface area contributed by atoms with Crippen molar-refractivity contribution in [2.24, 2.45) is 0 Å². The number of nitriles is 1. The van der Waals surface area contributed by atoms with Gasteiger partial charge in [0.25, 0.3) is 5.91 Å². The van der Waals surface area contributed by atoms with Gasteiger partial charge in [0.05, 0.1) is 18.7 Å². The van der Waals surface area contributed by atoms with E-state index in [1.165, 1.54) is 37.9 Å². The molecule has 1 aliphatic heterocycles. The largest absolute Gasteiger partial charge is 0.482 e. The molecule has 27 heavy (non-hydrogen) atoms. The topological polar surface area (TPSA) is 66.6 Å². The number of para-hydroxylation sites is 1. The molecule has 0 spiro atoms. The summed E-state index contributed by atoms with van der Waals surface area (Å²) >= 11 is 0. The zero-order valence-corrected chi connectivity index (χ0v) is 15.5. The Morgan fingerprint density at radius 1 is 1.04 bits per heavy atom. The van der Waals surface area contributed by atoms with Crippen molar-refractivity contribution < 1.29 is 14.4 Å². The second-order valence-corrected chi connectivity index (χ2v) is 6.98. The SMILES string of the molecule is N#Cc1ccccc1OCC(=O)NCc1ccc(C[NH+]2CCCCC2)cc1. The van der Waals surface area contributed by atoms with E-state index >= 15 is 0 Å². The highest BCUT2D eigenvalue weighted by Crippen LogP contribution is 2.16. The lowest BCUT2D eigenvalue weighted by molar-refractivity contribution is -0.918. The third-order valence-corrected chi connectivity index (χ3v) is 4.89. The van der Waals surface area contributed by atoms with Gasteiger partial charge in [-0.3, -0.25) is 4.79 Å². The van der Waals surface area contributed by atoms with Crippen LogP contribution in [-0.4, -0.2) is 25.6 Å². The number of ether oxygens (including phenoxy) is 1. The van der Waals surface area contributed by atoms with Crippen molar-refractivity contribution in [3.8, 4) is 11.8 Å². The minimum atomic E-state index is -0.204. The third kappa shape index (κ3) is 5.83. The summed E-state index contributed by atoms with van der Waals surface area (Å²) in [7, 11) is 0. The van der Waals surface area contributed by atoms with Gasteiger partial charge < -0.3 is 15.0 Å². The van der Waals surface area contributed by atoms with Gasteiger partial charge in [-0.2, -0.15) is 5.26 Å². The van der Waals surface area contributed by atoms with E-state index in [4.69, 9.17) is 10.00 Å². The molecule has 1 heterocycles. The highest BCUT2D eigenvalue weighted by atomic mass is 16.5. The van der Waals surface area contributed by atoms with Crippen LogP contribution in [0, 0.1) is 11.3 Å². The lowest BCUT2D eigenvalue weighted by atomic mass is 10.1. The monoisotopic (exact) mass is 364 g/mol. The molecule has 1 aliphatic rings. The summed E-state index contributed by atoms with van der Waals surface area (Å²) in [5, 5.41) is 11.9. The minimum Gasteiger partial charge on any atom is -0.482 e. The van der Waals surface area contributed by atoms with Crippen molar-refractivity contribution in [1.29, 1.82) is 5.26 Å². The Morgan fingerprint density at radius 3 is 2.48 bits per heavy atom. The first-order valence-electron chi connectivity index (χ1n) is 9.54. The molecular formula is C22H26N3O2+. The van der Waals surface area contributed by atoms with Gasteiger partial charge in [-0.25, -0.2) is 0 Å². The molecule has 5 heteroatoms. The van der Waals surface area contributed by atoms with Crippen LogP contribution in [0.4, 0.5) is 0 Å². The molecule has 0 bridgehead atoms. The number of rotatable bonds is 7. The van der Waals surface area contributed by atoms with Gasteiger partial charge >= 0.3 is 0 Å². The van der Waals surface area contributed by atoms with Crippen LogP contribution in [0.3, 0.4) is 0 Å². The van der Waals surface area contributed by atoms with E-state index in [0.717, 1.165) is 12.1 Å². The number of nitrogens with one attached hydrogen (secondary N) is 2. The zero-order valence-electron chi connectivity index (χ0n) is 15.5. The van der Waals surface area contributed by atoms with Gasteiger partial charge in [0.2, 0.25) is 0 Å². The minimum absolute atomic E-state index is 0.102. The molecule has 140 valence electrons. The van der Waals surface area contributed by atoms with Gasteiger partial charge in [0.15, 0.2) is 6.61 Å². The molecule has 3 rings (SSSR count). The van der Waals surface area contributed by atoms with Gasteiger partial charge in [-0.15, -0.1) is 0 Å². The average Bonchev–Trinajstić information content (AvgIpc) is 2.72. The van der Waals surface area contributed by atoms with Gasteiger partial charge in [0, 0.05) is 12.1 Å². The summed E-state index contributed by atoms with van der Waals surface area (Å²) in [5.74, 6) is 0.226. The van der Waals surface area contributed by atoms with Crippen molar-refractivity contribution >= 4 is 5.91 Å². The second-order valence-electron chi connectivity index (χ2n) is 6.98. The van der Waals surface area contributed by atoms with Crippen LogP contribution in [0.25, 0.3) is 0 Å². The van der Waals surface area contributed by atoms with E-state index in [1.807, 2.05) is 0 Å². The molecule has 2 aromatic carbocycles. The Labute approximate surface area is 160 Å². The maximum Gasteiger partial charge on any atom is 0.258 e. The quantitative estimate of drug-likeness (QED) is 0.788. The van der Waals surface area contributed by atoms with Crippen LogP contribution in [0.5, 0.6) is 5.75 Å². The Morgan fingerprint density at radius 2 is 1.74 bits per heavy atom. The molecule has 2 aromatic rings. The smallest absolute Gasteiger partial charge is 0.258 e. The summed E-state index contributed by atoms with van der Waals surface area (Å²) in [6.07, 6.45) is 4.04. The van der Waals surface area contributed by atoms with Crippen molar-refractivity contribution in [3.63, 3.8) is 0 Å². The predicted molar refractivity (Wildman–Crippen MR) is 103 cm³/mol. The van der Waals surface area contributed by atoms with Crippen molar-refractivity contribution in [3.05, 3.63) is 65.2 Å². The van der Waals surface area contributed by atoms with Crippen LogP contribution in [-0.2, 0) is 17.9 Å². The first-order chi connectivity index (χ1) is 13.2. The Bertz CT molecular complexity index is 790. The molecule has 0 aromatic heterocycles. The second kappa shape index (κ2) is 9.75. The van der Waals surface area contributed by atoms with E-state index in [9.17, 15) is 4.79 Å². The summed E-state index contributed by atoms with van der Waals surface area (Å²) in [6.45, 7) is 3.99. The number of hydrogen-bond donors (Lipinski definition) is 2. The Kier molecular flexibility index (Phi) is 6.84. The van der Waals surface area contributed by atoms with Gasteiger partial charge in [-0.05, 0) is 37.0 Å². The van der Waals surface area contributed by atoms with E-state index in [-0.39, 0.29) is 12.5 Å². The fraction of sp³-hybridized carbons (Fsp3) is 0.364. The van der Waals surface area contributed by atoms with Crippen LogP contribution in [0.15, 0.2) is 48.5 Å². The molecule has 1 fully saturated rings. The number of nitrogens with zero attached hydrogens (tertiary/aromatic N) is 1. The fourth-order valence-electron chi connectivity index (χ4n) is 3.37. The maximum absolute atomic E-state index is 12.0. The maximum atomic E-state index is 12.0. The van der Waals surface area contributed by atoms with Crippen LogP contribution in [0.1, 0.15) is 36.0 Å². The molecule has 1 amide bonds. The summed E-state index contributed by atoms with van der Waals surface area (Å²) in [4.78, 5) is 13.7. The first kappa shape index (κ1) is 18.9. The third-order valence-electron chi connectivity index (χ3n) is 4.89. The lowest BCUT2D eigenvalue weighted by Crippen LogP contribution is -3.11.